The number of unbranched alkanes of at least 4 members (excludes halogenated alkanes) is 1. The monoisotopic (exact) mass is 292 g/mol. The predicted molar refractivity (Wildman–Crippen MR) is 81.5 cm³/mol. The van der Waals surface area contributed by atoms with E-state index in [0.29, 0.717) is 5.15 Å². The summed E-state index contributed by atoms with van der Waals surface area (Å²) in [5.41, 5.74) is 2.00. The fraction of sp³-hybridized carbons (Fsp3) is 0.312. The lowest BCUT2D eigenvalue weighted by molar-refractivity contribution is 0.616. The van der Waals surface area contributed by atoms with Gasteiger partial charge in [0.25, 0.3) is 0 Å². The highest BCUT2D eigenvalue weighted by Gasteiger charge is 2.11. The van der Waals surface area contributed by atoms with Crippen LogP contribution in [0.1, 0.15) is 37.8 Å². The molecule has 2 nitrogen and oxygen atoms in total. The maximum atomic E-state index is 13.0. The normalized spacial score (nSPS) is 12.2. The van der Waals surface area contributed by atoms with Crippen LogP contribution >= 0.6 is 11.6 Å². The van der Waals surface area contributed by atoms with Gasteiger partial charge in [0.15, 0.2) is 0 Å². The number of halogens is 2. The molecule has 1 unspecified atom stereocenters. The van der Waals surface area contributed by atoms with Gasteiger partial charge in [0.1, 0.15) is 11.0 Å². The van der Waals surface area contributed by atoms with E-state index in [-0.39, 0.29) is 11.9 Å². The number of aromatic nitrogens is 1. The van der Waals surface area contributed by atoms with E-state index in [4.69, 9.17) is 11.6 Å². The molecule has 0 fully saturated rings. The van der Waals surface area contributed by atoms with Crippen molar-refractivity contribution in [2.24, 2.45) is 0 Å². The van der Waals surface area contributed by atoms with E-state index in [9.17, 15) is 4.39 Å². The summed E-state index contributed by atoms with van der Waals surface area (Å²) >= 11 is 5.79. The van der Waals surface area contributed by atoms with Crippen LogP contribution in [0.15, 0.2) is 42.6 Å². The molecule has 0 bridgehead atoms. The van der Waals surface area contributed by atoms with Crippen LogP contribution < -0.4 is 5.32 Å². The Morgan fingerprint density at radius 2 is 1.95 bits per heavy atom. The first kappa shape index (κ1) is 14.8. The minimum Gasteiger partial charge on any atom is -0.377 e. The van der Waals surface area contributed by atoms with Crippen molar-refractivity contribution in [2.75, 3.05) is 5.32 Å². The van der Waals surface area contributed by atoms with Crippen LogP contribution in [-0.2, 0) is 0 Å². The van der Waals surface area contributed by atoms with E-state index < -0.39 is 0 Å². The maximum Gasteiger partial charge on any atom is 0.129 e. The lowest BCUT2D eigenvalue weighted by Gasteiger charge is -2.20. The predicted octanol–water partition coefficient (Wildman–Crippen LogP) is 5.22. The molecule has 0 amide bonds. The second-order valence-corrected chi connectivity index (χ2v) is 5.15. The largest absolute Gasteiger partial charge is 0.377 e. The zero-order valence-electron chi connectivity index (χ0n) is 11.4. The zero-order chi connectivity index (χ0) is 14.4. The third-order valence-corrected chi connectivity index (χ3v) is 3.41. The van der Waals surface area contributed by atoms with E-state index in [0.717, 1.165) is 30.5 Å². The molecule has 0 aliphatic heterocycles. The maximum absolute atomic E-state index is 13.0. The van der Waals surface area contributed by atoms with Gasteiger partial charge >= 0.3 is 0 Å². The van der Waals surface area contributed by atoms with Gasteiger partial charge in [-0.05, 0) is 36.2 Å². The summed E-state index contributed by atoms with van der Waals surface area (Å²) in [6, 6.07) is 10.5. The van der Waals surface area contributed by atoms with Crippen molar-refractivity contribution in [1.29, 1.82) is 0 Å². The van der Waals surface area contributed by atoms with Crippen LogP contribution in [0.25, 0.3) is 0 Å². The van der Waals surface area contributed by atoms with Crippen LogP contribution in [0.5, 0.6) is 0 Å². The number of hydrogen-bond acceptors (Lipinski definition) is 2. The number of anilines is 1. The molecule has 0 saturated heterocycles. The molecule has 0 aliphatic carbocycles. The SMILES string of the molecule is CCCCC(Nc1ccc(Cl)nc1)c1ccc(F)cc1. The summed E-state index contributed by atoms with van der Waals surface area (Å²) in [7, 11) is 0. The van der Waals surface area contributed by atoms with E-state index in [2.05, 4.69) is 17.2 Å². The molecule has 1 atom stereocenters. The first-order chi connectivity index (χ1) is 9.69. The highest BCUT2D eigenvalue weighted by atomic mass is 35.5. The summed E-state index contributed by atoms with van der Waals surface area (Å²) in [5.74, 6) is -0.212. The Morgan fingerprint density at radius 3 is 2.55 bits per heavy atom. The third-order valence-electron chi connectivity index (χ3n) is 3.19. The Hall–Kier alpha value is -1.61. The van der Waals surface area contributed by atoms with Crippen molar-refractivity contribution in [1.82, 2.24) is 4.98 Å². The van der Waals surface area contributed by atoms with Crippen molar-refractivity contribution in [2.45, 2.75) is 32.2 Å². The first-order valence-electron chi connectivity index (χ1n) is 6.82. The molecule has 0 aliphatic rings. The van der Waals surface area contributed by atoms with Gasteiger partial charge in [0, 0.05) is 0 Å². The molecule has 2 aromatic rings. The molecule has 1 aromatic heterocycles. The highest BCUT2D eigenvalue weighted by molar-refractivity contribution is 6.29. The van der Waals surface area contributed by atoms with Crippen LogP contribution in [0.2, 0.25) is 5.15 Å². The Labute approximate surface area is 124 Å². The first-order valence-corrected chi connectivity index (χ1v) is 7.20. The van der Waals surface area contributed by atoms with Crippen LogP contribution in [0.3, 0.4) is 0 Å². The fourth-order valence-electron chi connectivity index (χ4n) is 2.09. The Bertz CT molecular complexity index is 525. The molecule has 0 saturated carbocycles. The van der Waals surface area contributed by atoms with E-state index in [1.165, 1.54) is 12.1 Å². The molecule has 2 rings (SSSR count). The van der Waals surface area contributed by atoms with Gasteiger partial charge in [0.05, 0.1) is 17.9 Å². The summed E-state index contributed by atoms with van der Waals surface area (Å²) in [6.45, 7) is 2.16. The van der Waals surface area contributed by atoms with Crippen LogP contribution in [-0.4, -0.2) is 4.98 Å². The van der Waals surface area contributed by atoms with E-state index in [1.54, 1.807) is 12.3 Å². The third kappa shape index (κ3) is 4.20. The lowest BCUT2D eigenvalue weighted by atomic mass is 10.0. The zero-order valence-corrected chi connectivity index (χ0v) is 12.2. The number of nitrogens with one attached hydrogen (secondary N) is 1. The molecule has 0 spiro atoms. The van der Waals surface area contributed by atoms with Crippen LogP contribution in [0.4, 0.5) is 10.1 Å². The van der Waals surface area contributed by atoms with Gasteiger partial charge in [-0.3, -0.25) is 0 Å². The molecule has 1 N–H and O–H groups in total. The van der Waals surface area contributed by atoms with Crippen molar-refractivity contribution < 1.29 is 4.39 Å². The van der Waals surface area contributed by atoms with Gasteiger partial charge in [-0.25, -0.2) is 9.37 Å². The smallest absolute Gasteiger partial charge is 0.129 e. The summed E-state index contributed by atoms with van der Waals surface area (Å²) in [6.07, 6.45) is 4.93. The molecule has 106 valence electrons. The Balaban J connectivity index is 2.14. The van der Waals surface area contributed by atoms with Gasteiger partial charge in [0.2, 0.25) is 0 Å². The molecule has 1 aromatic carbocycles. The minimum absolute atomic E-state index is 0.151. The van der Waals surface area contributed by atoms with Crippen molar-refractivity contribution in [3.05, 3.63) is 59.1 Å². The van der Waals surface area contributed by atoms with Gasteiger partial charge < -0.3 is 5.32 Å². The second-order valence-electron chi connectivity index (χ2n) is 4.76. The molecular formula is C16H18ClFN2. The Kier molecular flexibility index (Phi) is 5.36. The molecule has 20 heavy (non-hydrogen) atoms. The molecular weight excluding hydrogens is 275 g/mol. The van der Waals surface area contributed by atoms with Crippen LogP contribution in [0, 0.1) is 5.82 Å². The van der Waals surface area contributed by atoms with Gasteiger partial charge in [-0.15, -0.1) is 0 Å². The Morgan fingerprint density at radius 1 is 1.20 bits per heavy atom. The van der Waals surface area contributed by atoms with Gasteiger partial charge in [-0.2, -0.15) is 0 Å². The summed E-state index contributed by atoms with van der Waals surface area (Å²) in [4.78, 5) is 4.06. The minimum atomic E-state index is -0.212. The number of rotatable bonds is 6. The van der Waals surface area contributed by atoms with Crippen molar-refractivity contribution >= 4 is 17.3 Å². The quantitative estimate of drug-likeness (QED) is 0.739. The number of benzene rings is 1. The number of pyridine rings is 1. The molecule has 1 heterocycles. The fourth-order valence-corrected chi connectivity index (χ4v) is 2.20. The van der Waals surface area contributed by atoms with Crippen molar-refractivity contribution in [3.8, 4) is 0 Å². The summed E-state index contributed by atoms with van der Waals surface area (Å²) < 4.78 is 13.0. The topological polar surface area (TPSA) is 24.9 Å². The number of hydrogen-bond donors (Lipinski definition) is 1. The summed E-state index contributed by atoms with van der Waals surface area (Å²) in [5, 5.41) is 3.91. The number of nitrogens with zero attached hydrogens (tertiary/aromatic N) is 1. The molecule has 4 heteroatoms. The second kappa shape index (κ2) is 7.25. The van der Waals surface area contributed by atoms with E-state index in [1.807, 2.05) is 18.2 Å². The highest BCUT2D eigenvalue weighted by Crippen LogP contribution is 2.25. The van der Waals surface area contributed by atoms with Gasteiger partial charge in [-0.1, -0.05) is 43.5 Å². The standard InChI is InChI=1S/C16H18ClFN2/c1-2-3-4-15(12-5-7-13(18)8-6-12)20-14-9-10-16(17)19-11-14/h5-11,15,20H,2-4H2,1H3. The van der Waals surface area contributed by atoms with Crippen molar-refractivity contribution in [3.63, 3.8) is 0 Å². The lowest BCUT2D eigenvalue weighted by Crippen LogP contribution is -2.11. The molecule has 0 radical (unpaired) electrons. The average molecular weight is 293 g/mol. The van der Waals surface area contributed by atoms with E-state index >= 15 is 0 Å². The average Bonchev–Trinajstić information content (AvgIpc) is 2.46.